The van der Waals surface area contributed by atoms with E-state index in [-0.39, 0.29) is 0 Å². The zero-order chi connectivity index (χ0) is 21.5. The molecule has 0 amide bonds. The molecule has 1 N–H and O–H groups in total. The lowest BCUT2D eigenvalue weighted by atomic mass is 10.1. The molecule has 0 saturated carbocycles. The van der Waals surface area contributed by atoms with Crippen molar-refractivity contribution in [3.8, 4) is 5.75 Å². The van der Waals surface area contributed by atoms with Gasteiger partial charge in [-0.1, -0.05) is 12.1 Å². The van der Waals surface area contributed by atoms with Crippen LogP contribution in [0.3, 0.4) is 0 Å². The third-order valence-corrected chi connectivity index (χ3v) is 6.16. The van der Waals surface area contributed by atoms with E-state index in [1.165, 1.54) is 18.4 Å². The second-order valence-electron chi connectivity index (χ2n) is 7.98. The molecule has 0 spiro atoms. The standard InChI is InChI=1S/C23H33N7O/c1-24-22(29-14-16-30(17-15-29)23-25-10-5-11-26-23)27-18-21(28-12-3-4-13-28)19-6-8-20(31-2)9-7-19/h5-11,21H,3-4,12-18H2,1-2H3,(H,24,27). The summed E-state index contributed by atoms with van der Waals surface area (Å²) in [6, 6.07) is 10.7. The average molecular weight is 424 g/mol. The number of benzene rings is 1. The van der Waals surface area contributed by atoms with E-state index in [9.17, 15) is 0 Å². The minimum atomic E-state index is 0.323. The van der Waals surface area contributed by atoms with Gasteiger partial charge in [-0.3, -0.25) is 9.89 Å². The summed E-state index contributed by atoms with van der Waals surface area (Å²) in [7, 11) is 3.58. The van der Waals surface area contributed by atoms with Crippen LogP contribution in [-0.4, -0.2) is 85.7 Å². The van der Waals surface area contributed by atoms with Gasteiger partial charge in [-0.2, -0.15) is 0 Å². The summed E-state index contributed by atoms with van der Waals surface area (Å²) < 4.78 is 5.34. The van der Waals surface area contributed by atoms with Crippen LogP contribution in [0.1, 0.15) is 24.4 Å². The molecule has 1 aromatic heterocycles. The van der Waals surface area contributed by atoms with Gasteiger partial charge in [0.25, 0.3) is 0 Å². The zero-order valence-electron chi connectivity index (χ0n) is 18.6. The summed E-state index contributed by atoms with van der Waals surface area (Å²) in [5.74, 6) is 2.66. The molecule has 2 aliphatic heterocycles. The number of likely N-dealkylation sites (tertiary alicyclic amines) is 1. The maximum atomic E-state index is 5.34. The molecule has 1 unspecified atom stereocenters. The molecular weight excluding hydrogens is 390 g/mol. The number of aliphatic imine (C=N–C) groups is 1. The highest BCUT2D eigenvalue weighted by Crippen LogP contribution is 2.26. The number of rotatable bonds is 6. The van der Waals surface area contributed by atoms with Gasteiger partial charge in [0.2, 0.25) is 5.95 Å². The number of methoxy groups -OCH3 is 1. The quantitative estimate of drug-likeness (QED) is 0.563. The molecular formula is C23H33N7O. The van der Waals surface area contributed by atoms with Crippen molar-refractivity contribution in [2.45, 2.75) is 18.9 Å². The van der Waals surface area contributed by atoms with E-state index in [1.807, 2.05) is 13.1 Å². The number of piperazine rings is 1. The Morgan fingerprint density at radius 3 is 2.32 bits per heavy atom. The molecule has 8 heteroatoms. The maximum absolute atomic E-state index is 5.34. The Balaban J connectivity index is 1.37. The number of aromatic nitrogens is 2. The average Bonchev–Trinajstić information content (AvgIpc) is 3.37. The first-order chi connectivity index (χ1) is 15.3. The SMILES string of the molecule is CN=C(NCC(c1ccc(OC)cc1)N1CCCC1)N1CCN(c2ncccn2)CC1. The van der Waals surface area contributed by atoms with Gasteiger partial charge < -0.3 is 19.9 Å². The molecule has 2 saturated heterocycles. The van der Waals surface area contributed by atoms with Gasteiger partial charge >= 0.3 is 0 Å². The normalized spacial score (nSPS) is 18.8. The third-order valence-electron chi connectivity index (χ3n) is 6.16. The number of nitrogens with zero attached hydrogens (tertiary/aromatic N) is 6. The molecule has 166 valence electrons. The molecule has 0 radical (unpaired) electrons. The fraction of sp³-hybridized carbons (Fsp3) is 0.522. The van der Waals surface area contributed by atoms with Crippen LogP contribution in [0.15, 0.2) is 47.7 Å². The highest BCUT2D eigenvalue weighted by atomic mass is 16.5. The third kappa shape index (κ3) is 5.25. The lowest BCUT2D eigenvalue weighted by Gasteiger charge is -2.37. The van der Waals surface area contributed by atoms with E-state index in [2.05, 4.69) is 59.2 Å². The van der Waals surface area contributed by atoms with Gasteiger partial charge in [-0.25, -0.2) is 9.97 Å². The lowest BCUT2D eigenvalue weighted by Crippen LogP contribution is -2.53. The van der Waals surface area contributed by atoms with Gasteiger partial charge in [0, 0.05) is 52.2 Å². The molecule has 2 aliphatic rings. The first-order valence-electron chi connectivity index (χ1n) is 11.1. The number of guanidine groups is 1. The Bertz CT molecular complexity index is 829. The Hall–Kier alpha value is -2.87. The van der Waals surface area contributed by atoms with E-state index >= 15 is 0 Å². The van der Waals surface area contributed by atoms with Gasteiger partial charge in [-0.05, 0) is 49.7 Å². The lowest BCUT2D eigenvalue weighted by molar-refractivity contribution is 0.242. The molecule has 0 aliphatic carbocycles. The summed E-state index contributed by atoms with van der Waals surface area (Å²) in [6.45, 7) is 6.70. The van der Waals surface area contributed by atoms with Crippen LogP contribution >= 0.6 is 0 Å². The fourth-order valence-corrected chi connectivity index (χ4v) is 4.43. The van der Waals surface area contributed by atoms with Gasteiger partial charge in [0.15, 0.2) is 5.96 Å². The van der Waals surface area contributed by atoms with Crippen molar-refractivity contribution in [1.82, 2.24) is 25.1 Å². The predicted molar refractivity (Wildman–Crippen MR) is 124 cm³/mol. The molecule has 8 nitrogen and oxygen atoms in total. The largest absolute Gasteiger partial charge is 0.497 e. The van der Waals surface area contributed by atoms with Crippen molar-refractivity contribution >= 4 is 11.9 Å². The van der Waals surface area contributed by atoms with Gasteiger partial charge in [-0.15, -0.1) is 0 Å². The summed E-state index contributed by atoms with van der Waals surface area (Å²) >= 11 is 0. The van der Waals surface area contributed by atoms with Crippen molar-refractivity contribution in [2.75, 3.05) is 64.9 Å². The maximum Gasteiger partial charge on any atom is 0.225 e. The van der Waals surface area contributed by atoms with Crippen LogP contribution in [0.25, 0.3) is 0 Å². The van der Waals surface area contributed by atoms with E-state index in [0.717, 1.165) is 63.5 Å². The number of anilines is 1. The Kier molecular flexibility index (Phi) is 7.19. The Morgan fingerprint density at radius 1 is 1.03 bits per heavy atom. The highest BCUT2D eigenvalue weighted by molar-refractivity contribution is 5.80. The monoisotopic (exact) mass is 423 g/mol. The summed E-state index contributed by atoms with van der Waals surface area (Å²) in [5.41, 5.74) is 1.32. The van der Waals surface area contributed by atoms with Crippen LogP contribution in [0.2, 0.25) is 0 Å². The molecule has 2 fully saturated rings. The van der Waals surface area contributed by atoms with E-state index in [1.54, 1.807) is 19.5 Å². The molecule has 31 heavy (non-hydrogen) atoms. The topological polar surface area (TPSA) is 69.1 Å². The number of nitrogens with one attached hydrogen (secondary N) is 1. The van der Waals surface area contributed by atoms with Crippen LogP contribution in [0.5, 0.6) is 5.75 Å². The fourth-order valence-electron chi connectivity index (χ4n) is 4.43. The van der Waals surface area contributed by atoms with Crippen molar-refractivity contribution in [3.63, 3.8) is 0 Å². The Morgan fingerprint density at radius 2 is 1.71 bits per heavy atom. The van der Waals surface area contributed by atoms with Crippen LogP contribution in [-0.2, 0) is 0 Å². The van der Waals surface area contributed by atoms with E-state index in [4.69, 9.17) is 4.74 Å². The Labute approximate surface area is 184 Å². The first kappa shape index (κ1) is 21.4. The molecule has 1 aromatic carbocycles. The van der Waals surface area contributed by atoms with Crippen molar-refractivity contribution in [2.24, 2.45) is 4.99 Å². The second-order valence-corrected chi connectivity index (χ2v) is 7.98. The van der Waals surface area contributed by atoms with Crippen LogP contribution in [0.4, 0.5) is 5.95 Å². The predicted octanol–water partition coefficient (Wildman–Crippen LogP) is 2.02. The van der Waals surface area contributed by atoms with E-state index < -0.39 is 0 Å². The summed E-state index contributed by atoms with van der Waals surface area (Å²) in [5, 5.41) is 3.65. The van der Waals surface area contributed by atoms with Crippen LogP contribution < -0.4 is 15.0 Å². The minimum Gasteiger partial charge on any atom is -0.497 e. The van der Waals surface area contributed by atoms with Crippen molar-refractivity contribution < 1.29 is 4.74 Å². The van der Waals surface area contributed by atoms with Crippen molar-refractivity contribution in [3.05, 3.63) is 48.3 Å². The smallest absolute Gasteiger partial charge is 0.225 e. The van der Waals surface area contributed by atoms with Gasteiger partial charge in [0.05, 0.1) is 13.2 Å². The second kappa shape index (κ2) is 10.4. The molecule has 3 heterocycles. The molecule has 1 atom stereocenters. The minimum absolute atomic E-state index is 0.323. The molecule has 4 rings (SSSR count). The van der Waals surface area contributed by atoms with Gasteiger partial charge in [0.1, 0.15) is 5.75 Å². The molecule has 2 aromatic rings. The zero-order valence-corrected chi connectivity index (χ0v) is 18.6. The summed E-state index contributed by atoms with van der Waals surface area (Å²) in [4.78, 5) is 20.5. The summed E-state index contributed by atoms with van der Waals surface area (Å²) in [6.07, 6.45) is 6.13. The van der Waals surface area contributed by atoms with E-state index in [0.29, 0.717) is 6.04 Å². The van der Waals surface area contributed by atoms with Crippen molar-refractivity contribution in [1.29, 1.82) is 0 Å². The number of hydrogen-bond acceptors (Lipinski definition) is 6. The van der Waals surface area contributed by atoms with Crippen LogP contribution in [0, 0.1) is 0 Å². The number of hydrogen-bond donors (Lipinski definition) is 1. The molecule has 0 bridgehead atoms. The first-order valence-corrected chi connectivity index (χ1v) is 11.1. The number of ether oxygens (including phenoxy) is 1. The highest BCUT2D eigenvalue weighted by Gasteiger charge is 2.26.